The monoisotopic (exact) mass is 224 g/mol. The molecule has 10 heteroatoms. The molecule has 0 atom stereocenters. The van der Waals surface area contributed by atoms with Gasteiger partial charge >= 0.3 is 59.1 Å². The minimum Gasteiger partial charge on any atom is -0.806 e. The molecule has 0 aliphatic rings. The number of hydrogen-bond acceptors (Lipinski definition) is 4. The fourth-order valence-electron chi connectivity index (χ4n) is 0. The second kappa shape index (κ2) is 17.6. The Hall–Kier alpha value is 2.56. The Morgan fingerprint density at radius 1 is 1.20 bits per heavy atom. The molecular weight excluding hydrogens is 222 g/mol. The molecule has 0 aliphatic heterocycles. The van der Waals surface area contributed by atoms with E-state index in [2.05, 4.69) is 11.2 Å². The molecule has 0 heterocycles. The second-order valence-corrected chi connectivity index (χ2v) is 2.12. The average Bonchev–Trinajstić information content (AvgIpc) is 1.25. The zero-order chi connectivity index (χ0) is 7.15. The molecule has 2 N–H and O–H groups in total. The van der Waals surface area contributed by atoms with Crippen LogP contribution in [0.4, 0.5) is 0 Å². The van der Waals surface area contributed by atoms with E-state index in [1.54, 1.807) is 0 Å². The fraction of sp³-hybridized carbons (Fsp3) is 0. The Kier molecular flexibility index (Phi) is 40.3. The zero-order valence-corrected chi connectivity index (χ0v) is 11.8. The summed E-state index contributed by atoms with van der Waals surface area (Å²) in [6, 6.07) is 0. The van der Waals surface area contributed by atoms with Crippen molar-refractivity contribution in [3.05, 3.63) is 0 Å². The maximum absolute atomic E-state index is 8.81. The van der Waals surface area contributed by atoms with Crippen molar-refractivity contribution >= 4 is 32.6 Å². The third-order valence-electron chi connectivity index (χ3n) is 0. The van der Waals surface area contributed by atoms with E-state index < -0.39 is 21.4 Å². The molecule has 0 saturated carbocycles. The van der Waals surface area contributed by atoms with Crippen LogP contribution in [0.5, 0.6) is 0 Å². The molecule has 0 aliphatic carbocycles. The van der Waals surface area contributed by atoms with E-state index >= 15 is 0 Å². The maximum atomic E-state index is 8.81. The van der Waals surface area contributed by atoms with Crippen molar-refractivity contribution in [2.75, 3.05) is 0 Å². The van der Waals surface area contributed by atoms with E-state index in [4.69, 9.17) is 22.4 Å². The summed E-state index contributed by atoms with van der Waals surface area (Å²) in [5.74, 6) is 0. The first-order valence-electron chi connectivity index (χ1n) is 1.03. The van der Waals surface area contributed by atoms with Gasteiger partial charge in [-0.05, 0) is 0 Å². The quantitative estimate of drug-likeness (QED) is 0.313. The van der Waals surface area contributed by atoms with Crippen LogP contribution >= 0.6 is 0 Å². The summed E-state index contributed by atoms with van der Waals surface area (Å²) in [6.07, 6.45) is 0. The predicted molar refractivity (Wildman–Crippen MR) is 29.7 cm³/mol. The molecule has 0 rings (SSSR count). The minimum atomic E-state index is -2.61. The molecule has 0 amide bonds. The first-order chi connectivity index (χ1) is 3.46. The van der Waals surface area contributed by atoms with Gasteiger partial charge in [-0.25, -0.2) is 0 Å². The van der Waals surface area contributed by atoms with Gasteiger partial charge in [0.15, 0.2) is 0 Å². The van der Waals surface area contributed by atoms with Gasteiger partial charge < -0.3 is 19.1 Å². The van der Waals surface area contributed by atoms with Crippen LogP contribution < -0.4 is 59.1 Å². The number of rotatable bonds is 0. The van der Waals surface area contributed by atoms with Gasteiger partial charge in [0.05, 0.1) is 0 Å². The molecule has 0 fully saturated rings. The SMILES string of the molecule is O=S(O)O.[Na+].[Na+].[O-]S([O-])=S. The standard InChI is InChI=1S/2Na.H2O3S.H2O2S2/c;;2*1-4(2)3/h;;2*(H2,1,2,3)/q2*+1;;/p-2. The van der Waals surface area contributed by atoms with Crippen molar-refractivity contribution in [2.24, 2.45) is 0 Å². The van der Waals surface area contributed by atoms with Crippen molar-refractivity contribution in [1.29, 1.82) is 0 Å². The van der Waals surface area contributed by atoms with Crippen molar-refractivity contribution in [3.63, 3.8) is 0 Å². The molecule has 0 saturated heterocycles. The smallest absolute Gasteiger partial charge is 0.806 e. The van der Waals surface area contributed by atoms with Gasteiger partial charge in [0.1, 0.15) is 0 Å². The largest absolute Gasteiger partial charge is 1.00 e. The van der Waals surface area contributed by atoms with Gasteiger partial charge in [-0.1, -0.05) is 11.2 Å². The van der Waals surface area contributed by atoms with Crippen LogP contribution in [0.25, 0.3) is 0 Å². The van der Waals surface area contributed by atoms with Crippen LogP contribution in [-0.4, -0.2) is 22.4 Å². The summed E-state index contributed by atoms with van der Waals surface area (Å²) < 4.78 is 40.5. The predicted octanol–water partition coefficient (Wildman–Crippen LogP) is -6.98. The van der Waals surface area contributed by atoms with Gasteiger partial charge in [0.2, 0.25) is 0 Å². The molecule has 0 aromatic rings. The summed E-state index contributed by atoms with van der Waals surface area (Å²) in [5.41, 5.74) is 0. The molecule has 10 heavy (non-hydrogen) atoms. The van der Waals surface area contributed by atoms with E-state index in [-0.39, 0.29) is 59.1 Å². The first-order valence-corrected chi connectivity index (χ1v) is 4.10. The maximum Gasteiger partial charge on any atom is 1.00 e. The van der Waals surface area contributed by atoms with E-state index in [0.717, 1.165) is 0 Å². The van der Waals surface area contributed by atoms with Crippen LogP contribution in [0.1, 0.15) is 0 Å². The summed E-state index contributed by atoms with van der Waals surface area (Å²) >= 11 is 0.926. The van der Waals surface area contributed by atoms with Crippen molar-refractivity contribution in [2.45, 2.75) is 0 Å². The summed E-state index contributed by atoms with van der Waals surface area (Å²) in [6.45, 7) is 0. The van der Waals surface area contributed by atoms with Crippen LogP contribution in [0.2, 0.25) is 0 Å². The Morgan fingerprint density at radius 2 is 1.20 bits per heavy atom. The molecule has 0 aromatic carbocycles. The minimum absolute atomic E-state index is 0. The Labute approximate surface area is 112 Å². The molecular formula is H2Na2O5S3. The van der Waals surface area contributed by atoms with Crippen LogP contribution in [-0.2, 0) is 32.6 Å². The van der Waals surface area contributed by atoms with Crippen LogP contribution in [0, 0.1) is 0 Å². The Morgan fingerprint density at radius 3 is 1.20 bits per heavy atom. The summed E-state index contributed by atoms with van der Waals surface area (Å²) in [7, 11) is -2.28. The van der Waals surface area contributed by atoms with Crippen LogP contribution in [0.3, 0.4) is 0 Å². The molecule has 5 nitrogen and oxygen atoms in total. The van der Waals surface area contributed by atoms with Crippen LogP contribution in [0.15, 0.2) is 0 Å². The van der Waals surface area contributed by atoms with Crippen molar-refractivity contribution < 1.29 is 81.5 Å². The van der Waals surface area contributed by atoms with E-state index in [1.807, 2.05) is 0 Å². The second-order valence-electron chi connectivity index (χ2n) is 0.435. The zero-order valence-electron chi connectivity index (χ0n) is 5.34. The first kappa shape index (κ1) is 22.9. The van der Waals surface area contributed by atoms with E-state index in [0.29, 0.717) is 0 Å². The van der Waals surface area contributed by atoms with Gasteiger partial charge in [-0.15, -0.1) is 0 Å². The topological polar surface area (TPSA) is 104 Å². The van der Waals surface area contributed by atoms with Crippen molar-refractivity contribution in [1.82, 2.24) is 0 Å². The van der Waals surface area contributed by atoms with Crippen molar-refractivity contribution in [3.8, 4) is 0 Å². The fourth-order valence-corrected chi connectivity index (χ4v) is 0. The molecule has 0 aromatic heterocycles. The molecule has 0 spiro atoms. The molecule has 52 valence electrons. The summed E-state index contributed by atoms with van der Waals surface area (Å²) in [5, 5.41) is 0. The van der Waals surface area contributed by atoms with E-state index in [1.165, 1.54) is 0 Å². The molecule has 0 unspecified atom stereocenters. The normalized spacial score (nSPS) is 7.00. The third-order valence-corrected chi connectivity index (χ3v) is 0. The third kappa shape index (κ3) is 147. The molecule has 0 radical (unpaired) electrons. The Balaban J connectivity index is -0.0000000300. The average molecular weight is 224 g/mol. The van der Waals surface area contributed by atoms with Gasteiger partial charge in [0.25, 0.3) is 11.4 Å². The van der Waals surface area contributed by atoms with Gasteiger partial charge in [-0.2, -0.15) is 4.21 Å². The van der Waals surface area contributed by atoms with Gasteiger partial charge in [0, 0.05) is 0 Å². The number of hydrogen-bond donors (Lipinski definition) is 2. The van der Waals surface area contributed by atoms with Gasteiger partial charge in [-0.3, -0.25) is 9.11 Å². The Bertz CT molecular complexity index is 72.9. The van der Waals surface area contributed by atoms with E-state index in [9.17, 15) is 0 Å². The molecule has 0 bridgehead atoms. The summed E-state index contributed by atoms with van der Waals surface area (Å²) in [4.78, 5) is 0.